The average molecular weight is 347 g/mol. The van der Waals surface area contributed by atoms with Crippen molar-refractivity contribution in [3.05, 3.63) is 0 Å². The third-order valence-electron chi connectivity index (χ3n) is 3.35. The first-order chi connectivity index (χ1) is 11.3. The summed E-state index contributed by atoms with van der Waals surface area (Å²) >= 11 is 0. The van der Waals surface area contributed by atoms with Crippen LogP contribution >= 0.6 is 0 Å². The van der Waals surface area contributed by atoms with Crippen LogP contribution in [0.4, 0.5) is 0 Å². The van der Waals surface area contributed by atoms with Crippen LogP contribution in [-0.2, 0) is 33.3 Å². The van der Waals surface area contributed by atoms with Gasteiger partial charge in [0.25, 0.3) is 0 Å². The van der Waals surface area contributed by atoms with E-state index in [0.717, 1.165) is 6.42 Å². The quantitative estimate of drug-likeness (QED) is 0.464. The van der Waals surface area contributed by atoms with Crippen LogP contribution in [0.2, 0.25) is 0 Å². The molecule has 1 aliphatic heterocycles. The van der Waals surface area contributed by atoms with Crippen molar-refractivity contribution in [2.45, 2.75) is 64.8 Å². The molecule has 1 aliphatic rings. The molecule has 24 heavy (non-hydrogen) atoms. The molecule has 0 aromatic heterocycles. The largest absolute Gasteiger partial charge is 0.463 e. The summed E-state index contributed by atoms with van der Waals surface area (Å²) in [6, 6.07) is -0.785. The van der Waals surface area contributed by atoms with Crippen LogP contribution < -0.4 is 5.32 Å². The second-order valence-electron chi connectivity index (χ2n) is 5.50. The molecular weight excluding hydrogens is 322 g/mol. The summed E-state index contributed by atoms with van der Waals surface area (Å²) < 4.78 is 20.8. The highest BCUT2D eigenvalue weighted by Gasteiger charge is 2.49. The zero-order valence-electron chi connectivity index (χ0n) is 14.3. The summed E-state index contributed by atoms with van der Waals surface area (Å²) in [7, 11) is 0. The number of aliphatic hydroxyl groups is 1. The zero-order chi connectivity index (χ0) is 18.3. The molecule has 9 nitrogen and oxygen atoms in total. The van der Waals surface area contributed by atoms with Crippen molar-refractivity contribution >= 4 is 17.9 Å². The summed E-state index contributed by atoms with van der Waals surface area (Å²) in [5.41, 5.74) is 0. The molecule has 0 radical (unpaired) electrons. The molecule has 0 aliphatic carbocycles. The predicted octanol–water partition coefficient (Wildman–Crippen LogP) is -0.502. The van der Waals surface area contributed by atoms with Gasteiger partial charge in [-0.25, -0.2) is 0 Å². The van der Waals surface area contributed by atoms with Gasteiger partial charge in [-0.3, -0.25) is 14.4 Å². The van der Waals surface area contributed by atoms with E-state index in [-0.39, 0.29) is 6.61 Å². The first kappa shape index (κ1) is 20.3. The van der Waals surface area contributed by atoms with E-state index in [1.807, 2.05) is 6.92 Å². The number of nitrogens with one attached hydrogen (secondary N) is 1. The van der Waals surface area contributed by atoms with E-state index in [4.69, 9.17) is 18.9 Å². The smallest absolute Gasteiger partial charge is 0.303 e. The van der Waals surface area contributed by atoms with Gasteiger partial charge in [0.2, 0.25) is 0 Å². The van der Waals surface area contributed by atoms with Crippen molar-refractivity contribution in [3.8, 4) is 0 Å². The van der Waals surface area contributed by atoms with Crippen LogP contribution in [-0.4, -0.2) is 66.8 Å². The van der Waals surface area contributed by atoms with Crippen LogP contribution in [0, 0.1) is 0 Å². The Hall–Kier alpha value is -1.71. The molecule has 138 valence electrons. The van der Waals surface area contributed by atoms with Gasteiger partial charge in [-0.05, 0) is 13.0 Å². The Labute approximate surface area is 140 Å². The lowest BCUT2D eigenvalue weighted by Gasteiger charge is -2.43. The molecule has 0 saturated carbocycles. The normalized spacial score (nSPS) is 29.6. The average Bonchev–Trinajstić information content (AvgIpc) is 2.46. The molecule has 1 heterocycles. The molecule has 0 aromatic carbocycles. The Bertz CT molecular complexity index is 455. The summed E-state index contributed by atoms with van der Waals surface area (Å²) in [6.45, 7) is 5.84. The molecule has 0 spiro atoms. The Morgan fingerprint density at radius 3 is 2.12 bits per heavy atom. The van der Waals surface area contributed by atoms with E-state index < -0.39 is 48.6 Å². The topological polar surface area (TPSA) is 120 Å². The van der Waals surface area contributed by atoms with Crippen molar-refractivity contribution in [3.63, 3.8) is 0 Å². The fourth-order valence-corrected chi connectivity index (χ4v) is 2.45. The molecule has 0 amide bonds. The molecule has 5 atom stereocenters. The molecule has 1 rings (SSSR count). The van der Waals surface area contributed by atoms with Gasteiger partial charge in [0.15, 0.2) is 18.5 Å². The van der Waals surface area contributed by atoms with Crippen LogP contribution in [0.1, 0.15) is 34.1 Å². The third kappa shape index (κ3) is 6.06. The number of hydrogen-bond donors (Lipinski definition) is 2. The maximum absolute atomic E-state index is 11.4. The summed E-state index contributed by atoms with van der Waals surface area (Å²) in [5, 5.41) is 13.2. The number of aliphatic hydroxyl groups excluding tert-OH is 1. The van der Waals surface area contributed by atoms with E-state index in [9.17, 15) is 19.5 Å². The number of hydrogen-bond acceptors (Lipinski definition) is 9. The Morgan fingerprint density at radius 2 is 1.62 bits per heavy atom. The standard InChI is InChI=1S/C15H25NO8/c1-5-6-16-12-14(23-10(4)19)13(22-9(3)18)11(24-15(12)20)7-21-8(2)17/h11-16,20H,5-7H2,1-4H3/t11?,12?,13-,14+,15-/m1/s1. The van der Waals surface area contributed by atoms with E-state index in [1.54, 1.807) is 0 Å². The SMILES string of the molecule is CCCNC1[C@H](O)OC(COC(C)=O)[C@@H](OC(C)=O)[C@H]1OC(C)=O. The third-order valence-corrected chi connectivity index (χ3v) is 3.35. The highest BCUT2D eigenvalue weighted by molar-refractivity contribution is 5.67. The first-order valence-electron chi connectivity index (χ1n) is 7.81. The van der Waals surface area contributed by atoms with Gasteiger partial charge in [0.05, 0.1) is 6.04 Å². The van der Waals surface area contributed by atoms with Gasteiger partial charge in [-0.2, -0.15) is 0 Å². The molecule has 2 unspecified atom stereocenters. The highest BCUT2D eigenvalue weighted by atomic mass is 16.7. The summed E-state index contributed by atoms with van der Waals surface area (Å²) in [6.07, 6.45) is -3.53. The van der Waals surface area contributed by atoms with Gasteiger partial charge < -0.3 is 29.4 Å². The maximum Gasteiger partial charge on any atom is 0.303 e. The van der Waals surface area contributed by atoms with Crippen LogP contribution in [0.3, 0.4) is 0 Å². The minimum atomic E-state index is -1.33. The number of esters is 3. The van der Waals surface area contributed by atoms with Crippen molar-refractivity contribution in [2.24, 2.45) is 0 Å². The first-order valence-corrected chi connectivity index (χ1v) is 7.81. The molecule has 2 N–H and O–H groups in total. The predicted molar refractivity (Wildman–Crippen MR) is 80.7 cm³/mol. The van der Waals surface area contributed by atoms with E-state index >= 15 is 0 Å². The Morgan fingerprint density at radius 1 is 1.04 bits per heavy atom. The molecule has 9 heteroatoms. The number of carbonyl (C=O) groups excluding carboxylic acids is 3. The lowest BCUT2D eigenvalue weighted by molar-refractivity contribution is -0.265. The van der Waals surface area contributed by atoms with Gasteiger partial charge in [0, 0.05) is 20.8 Å². The molecule has 1 fully saturated rings. The van der Waals surface area contributed by atoms with Gasteiger partial charge in [-0.1, -0.05) is 6.92 Å². The molecule has 1 saturated heterocycles. The number of ether oxygens (including phenoxy) is 4. The fraction of sp³-hybridized carbons (Fsp3) is 0.800. The summed E-state index contributed by atoms with van der Waals surface area (Å²) in [4.78, 5) is 33.9. The lowest BCUT2D eigenvalue weighted by atomic mass is 9.96. The number of rotatable bonds is 7. The zero-order valence-corrected chi connectivity index (χ0v) is 14.3. The van der Waals surface area contributed by atoms with Crippen molar-refractivity contribution < 1.29 is 38.4 Å². The van der Waals surface area contributed by atoms with Gasteiger partial charge in [-0.15, -0.1) is 0 Å². The monoisotopic (exact) mass is 347 g/mol. The van der Waals surface area contributed by atoms with Crippen LogP contribution in [0.25, 0.3) is 0 Å². The Kier molecular flexibility index (Phi) is 8.09. The van der Waals surface area contributed by atoms with Crippen molar-refractivity contribution in [2.75, 3.05) is 13.2 Å². The van der Waals surface area contributed by atoms with Gasteiger partial charge in [0.1, 0.15) is 12.7 Å². The number of carbonyl (C=O) groups is 3. The van der Waals surface area contributed by atoms with Gasteiger partial charge >= 0.3 is 17.9 Å². The van der Waals surface area contributed by atoms with E-state index in [2.05, 4.69) is 5.32 Å². The van der Waals surface area contributed by atoms with Crippen molar-refractivity contribution in [1.29, 1.82) is 0 Å². The molecule has 0 bridgehead atoms. The fourth-order valence-electron chi connectivity index (χ4n) is 2.45. The minimum absolute atomic E-state index is 0.247. The van der Waals surface area contributed by atoms with Crippen LogP contribution in [0.5, 0.6) is 0 Å². The minimum Gasteiger partial charge on any atom is -0.463 e. The Balaban J connectivity index is 3.04. The summed E-state index contributed by atoms with van der Waals surface area (Å²) in [5.74, 6) is -1.76. The maximum atomic E-state index is 11.4. The molecule has 0 aromatic rings. The second kappa shape index (κ2) is 9.55. The highest BCUT2D eigenvalue weighted by Crippen LogP contribution is 2.26. The lowest BCUT2D eigenvalue weighted by Crippen LogP contribution is -2.65. The van der Waals surface area contributed by atoms with Crippen LogP contribution in [0.15, 0.2) is 0 Å². The van der Waals surface area contributed by atoms with E-state index in [0.29, 0.717) is 6.54 Å². The van der Waals surface area contributed by atoms with E-state index in [1.165, 1.54) is 20.8 Å². The van der Waals surface area contributed by atoms with Crippen molar-refractivity contribution in [1.82, 2.24) is 5.32 Å². The second-order valence-corrected chi connectivity index (χ2v) is 5.50. The molecular formula is C15H25NO8.